The average molecular weight is 197 g/mol. The van der Waals surface area contributed by atoms with Crippen molar-refractivity contribution in [1.82, 2.24) is 9.78 Å². The standard InChI is InChI=1S/C9H15N3O2/c1-4-5-8(13)10-7-6-9(14-3)12(2)11-7/h6H,4-5H2,1-3H3,(H,10,11,13). The number of ether oxygens (including phenoxy) is 1. The molecule has 0 saturated carbocycles. The minimum absolute atomic E-state index is 0.0201. The van der Waals surface area contributed by atoms with Crippen LogP contribution in [0.4, 0.5) is 5.82 Å². The van der Waals surface area contributed by atoms with Gasteiger partial charge < -0.3 is 10.1 Å². The predicted octanol–water partition coefficient (Wildman–Crippen LogP) is 1.17. The zero-order valence-corrected chi connectivity index (χ0v) is 8.70. The largest absolute Gasteiger partial charge is 0.481 e. The summed E-state index contributed by atoms with van der Waals surface area (Å²) in [4.78, 5) is 11.2. The average Bonchev–Trinajstić information content (AvgIpc) is 2.46. The van der Waals surface area contributed by atoms with Crippen molar-refractivity contribution in [2.24, 2.45) is 7.05 Å². The molecule has 1 rings (SSSR count). The van der Waals surface area contributed by atoms with Crippen LogP contribution in [0.5, 0.6) is 5.88 Å². The van der Waals surface area contributed by atoms with Crippen molar-refractivity contribution >= 4 is 11.7 Å². The number of methoxy groups -OCH3 is 1. The minimum atomic E-state index is -0.0201. The third-order valence-electron chi connectivity index (χ3n) is 1.79. The quantitative estimate of drug-likeness (QED) is 0.788. The Morgan fingerprint density at radius 1 is 1.71 bits per heavy atom. The second-order valence-corrected chi connectivity index (χ2v) is 2.99. The number of aryl methyl sites for hydroxylation is 1. The lowest BCUT2D eigenvalue weighted by Gasteiger charge is -1.97. The van der Waals surface area contributed by atoms with Gasteiger partial charge in [0.2, 0.25) is 11.8 Å². The van der Waals surface area contributed by atoms with Crippen LogP contribution in [0.3, 0.4) is 0 Å². The van der Waals surface area contributed by atoms with Gasteiger partial charge in [0.25, 0.3) is 0 Å². The molecule has 1 heterocycles. The molecule has 1 amide bonds. The fraction of sp³-hybridized carbons (Fsp3) is 0.556. The summed E-state index contributed by atoms with van der Waals surface area (Å²) >= 11 is 0. The summed E-state index contributed by atoms with van der Waals surface area (Å²) in [6, 6.07) is 1.69. The van der Waals surface area contributed by atoms with Gasteiger partial charge in [-0.05, 0) is 6.42 Å². The van der Waals surface area contributed by atoms with Gasteiger partial charge in [0.15, 0.2) is 5.82 Å². The summed E-state index contributed by atoms with van der Waals surface area (Å²) in [7, 11) is 3.32. The molecule has 0 spiro atoms. The number of aromatic nitrogens is 2. The van der Waals surface area contributed by atoms with Crippen molar-refractivity contribution in [3.05, 3.63) is 6.07 Å². The molecule has 0 saturated heterocycles. The second-order valence-electron chi connectivity index (χ2n) is 2.99. The van der Waals surface area contributed by atoms with Gasteiger partial charge >= 0.3 is 0 Å². The molecule has 0 aliphatic rings. The molecule has 5 nitrogen and oxygen atoms in total. The third-order valence-corrected chi connectivity index (χ3v) is 1.79. The highest BCUT2D eigenvalue weighted by Gasteiger charge is 2.07. The highest BCUT2D eigenvalue weighted by atomic mass is 16.5. The van der Waals surface area contributed by atoms with Crippen molar-refractivity contribution in [1.29, 1.82) is 0 Å². The van der Waals surface area contributed by atoms with Crippen molar-refractivity contribution in [2.75, 3.05) is 12.4 Å². The summed E-state index contributed by atoms with van der Waals surface area (Å²) in [5.41, 5.74) is 0. The summed E-state index contributed by atoms with van der Waals surface area (Å²) in [5.74, 6) is 1.13. The molecule has 14 heavy (non-hydrogen) atoms. The van der Waals surface area contributed by atoms with Gasteiger partial charge in [-0.15, -0.1) is 0 Å². The summed E-state index contributed by atoms with van der Waals surface area (Å²) < 4.78 is 6.59. The van der Waals surface area contributed by atoms with Gasteiger partial charge in [-0.1, -0.05) is 6.92 Å². The van der Waals surface area contributed by atoms with Crippen LogP contribution in [-0.4, -0.2) is 22.8 Å². The number of hydrogen-bond donors (Lipinski definition) is 1. The van der Waals surface area contributed by atoms with E-state index < -0.39 is 0 Å². The van der Waals surface area contributed by atoms with E-state index in [1.54, 1.807) is 24.9 Å². The molecule has 0 fully saturated rings. The van der Waals surface area contributed by atoms with E-state index in [0.29, 0.717) is 18.1 Å². The molecule has 0 atom stereocenters. The fourth-order valence-corrected chi connectivity index (χ4v) is 1.13. The number of nitrogens with one attached hydrogen (secondary N) is 1. The Morgan fingerprint density at radius 3 is 2.93 bits per heavy atom. The van der Waals surface area contributed by atoms with Crippen LogP contribution in [-0.2, 0) is 11.8 Å². The Balaban J connectivity index is 2.63. The van der Waals surface area contributed by atoms with E-state index in [2.05, 4.69) is 10.4 Å². The zero-order chi connectivity index (χ0) is 10.6. The Labute approximate surface area is 83.1 Å². The maximum Gasteiger partial charge on any atom is 0.225 e. The molecule has 5 heteroatoms. The monoisotopic (exact) mass is 197 g/mol. The van der Waals surface area contributed by atoms with Gasteiger partial charge in [-0.3, -0.25) is 4.79 Å². The molecule has 0 aliphatic carbocycles. The molecule has 0 aromatic carbocycles. The van der Waals surface area contributed by atoms with E-state index in [1.165, 1.54) is 0 Å². The first kappa shape index (κ1) is 10.6. The Hall–Kier alpha value is -1.52. The first-order chi connectivity index (χ1) is 6.67. The third kappa shape index (κ3) is 2.48. The lowest BCUT2D eigenvalue weighted by molar-refractivity contribution is -0.116. The number of rotatable bonds is 4. The van der Waals surface area contributed by atoms with E-state index >= 15 is 0 Å². The maximum absolute atomic E-state index is 11.2. The van der Waals surface area contributed by atoms with Crippen molar-refractivity contribution < 1.29 is 9.53 Å². The predicted molar refractivity (Wildman–Crippen MR) is 53.3 cm³/mol. The van der Waals surface area contributed by atoms with Crippen LogP contribution >= 0.6 is 0 Å². The van der Waals surface area contributed by atoms with E-state index in [9.17, 15) is 4.79 Å². The van der Waals surface area contributed by atoms with Gasteiger partial charge in [0.05, 0.1) is 7.11 Å². The number of carbonyl (C=O) groups is 1. The highest BCUT2D eigenvalue weighted by Crippen LogP contribution is 2.15. The minimum Gasteiger partial charge on any atom is -0.481 e. The molecule has 78 valence electrons. The Kier molecular flexibility index (Phi) is 3.50. The fourth-order valence-electron chi connectivity index (χ4n) is 1.13. The van der Waals surface area contributed by atoms with Crippen LogP contribution in [0.2, 0.25) is 0 Å². The summed E-state index contributed by atoms with van der Waals surface area (Å²) in [6.45, 7) is 1.96. The number of nitrogens with zero attached hydrogens (tertiary/aromatic N) is 2. The summed E-state index contributed by atoms with van der Waals surface area (Å²) in [6.07, 6.45) is 1.34. The number of amides is 1. The van der Waals surface area contributed by atoms with Crippen LogP contribution in [0.1, 0.15) is 19.8 Å². The first-order valence-corrected chi connectivity index (χ1v) is 4.55. The van der Waals surface area contributed by atoms with Gasteiger partial charge in [0.1, 0.15) is 0 Å². The number of carbonyl (C=O) groups excluding carboxylic acids is 1. The SMILES string of the molecule is CCCC(=O)Nc1cc(OC)n(C)n1. The van der Waals surface area contributed by atoms with Gasteiger partial charge in [-0.2, -0.15) is 5.10 Å². The van der Waals surface area contributed by atoms with Gasteiger partial charge in [-0.25, -0.2) is 4.68 Å². The van der Waals surface area contributed by atoms with E-state index in [0.717, 1.165) is 6.42 Å². The Bertz CT molecular complexity index is 320. The van der Waals surface area contributed by atoms with E-state index in [1.807, 2.05) is 6.92 Å². The normalized spacial score (nSPS) is 9.93. The van der Waals surface area contributed by atoms with Crippen LogP contribution in [0, 0.1) is 0 Å². The molecule has 0 unspecified atom stereocenters. The Morgan fingerprint density at radius 2 is 2.43 bits per heavy atom. The molecular weight excluding hydrogens is 182 g/mol. The van der Waals surface area contributed by atoms with Crippen LogP contribution in [0.15, 0.2) is 6.07 Å². The topological polar surface area (TPSA) is 56.1 Å². The number of anilines is 1. The van der Waals surface area contributed by atoms with Crippen molar-refractivity contribution in [3.8, 4) is 5.88 Å². The lowest BCUT2D eigenvalue weighted by Crippen LogP contribution is -2.11. The molecule has 1 aromatic rings. The highest BCUT2D eigenvalue weighted by molar-refractivity contribution is 5.89. The molecule has 0 aliphatic heterocycles. The van der Waals surface area contributed by atoms with Crippen LogP contribution < -0.4 is 10.1 Å². The molecule has 1 aromatic heterocycles. The smallest absolute Gasteiger partial charge is 0.225 e. The first-order valence-electron chi connectivity index (χ1n) is 4.55. The molecular formula is C9H15N3O2. The van der Waals surface area contributed by atoms with Gasteiger partial charge in [0, 0.05) is 19.5 Å². The van der Waals surface area contributed by atoms with Crippen LogP contribution in [0.25, 0.3) is 0 Å². The van der Waals surface area contributed by atoms with E-state index in [-0.39, 0.29) is 5.91 Å². The molecule has 0 bridgehead atoms. The van der Waals surface area contributed by atoms with Crippen molar-refractivity contribution in [3.63, 3.8) is 0 Å². The maximum atomic E-state index is 11.2. The van der Waals surface area contributed by atoms with Crippen molar-refractivity contribution in [2.45, 2.75) is 19.8 Å². The molecule has 1 N–H and O–H groups in total. The van der Waals surface area contributed by atoms with E-state index in [4.69, 9.17) is 4.74 Å². The molecule has 0 radical (unpaired) electrons. The number of hydrogen-bond acceptors (Lipinski definition) is 3. The zero-order valence-electron chi connectivity index (χ0n) is 8.70. The second kappa shape index (κ2) is 4.64. The summed E-state index contributed by atoms with van der Waals surface area (Å²) in [5, 5.41) is 6.75. The lowest BCUT2D eigenvalue weighted by atomic mass is 10.3.